The highest BCUT2D eigenvalue weighted by Gasteiger charge is 2.10. The van der Waals surface area contributed by atoms with Crippen LogP contribution in [0.1, 0.15) is 20.7 Å². The SMILES string of the molecule is Nc1ccccc1C(=O)NNC(=O)c1ccc(Cl)cc1. The van der Waals surface area contributed by atoms with Gasteiger partial charge in [0.05, 0.1) is 5.56 Å². The van der Waals surface area contributed by atoms with E-state index in [0.29, 0.717) is 21.8 Å². The molecule has 5 nitrogen and oxygen atoms in total. The first-order chi connectivity index (χ1) is 9.58. The maximum Gasteiger partial charge on any atom is 0.271 e. The van der Waals surface area contributed by atoms with Gasteiger partial charge in [-0.15, -0.1) is 0 Å². The topological polar surface area (TPSA) is 84.2 Å². The fourth-order valence-electron chi connectivity index (χ4n) is 1.56. The van der Waals surface area contributed by atoms with Crippen molar-refractivity contribution in [2.24, 2.45) is 0 Å². The van der Waals surface area contributed by atoms with Gasteiger partial charge in [-0.3, -0.25) is 20.4 Å². The summed E-state index contributed by atoms with van der Waals surface area (Å²) in [6.07, 6.45) is 0. The van der Waals surface area contributed by atoms with Crippen LogP contribution in [0.4, 0.5) is 5.69 Å². The van der Waals surface area contributed by atoms with Crippen molar-refractivity contribution >= 4 is 29.1 Å². The molecule has 2 rings (SSSR count). The van der Waals surface area contributed by atoms with Gasteiger partial charge in [0, 0.05) is 16.3 Å². The second-order valence-electron chi connectivity index (χ2n) is 4.00. The predicted octanol–water partition coefficient (Wildman–Crippen LogP) is 2.00. The van der Waals surface area contributed by atoms with Crippen molar-refractivity contribution in [3.05, 3.63) is 64.7 Å². The number of para-hydroxylation sites is 1. The molecule has 0 spiro atoms. The number of rotatable bonds is 2. The smallest absolute Gasteiger partial charge is 0.271 e. The highest BCUT2D eigenvalue weighted by Crippen LogP contribution is 2.10. The number of nitrogens with two attached hydrogens (primary N) is 1. The highest BCUT2D eigenvalue weighted by atomic mass is 35.5. The van der Waals surface area contributed by atoms with Crippen molar-refractivity contribution in [1.29, 1.82) is 0 Å². The minimum Gasteiger partial charge on any atom is -0.398 e. The van der Waals surface area contributed by atoms with Crippen molar-refractivity contribution in [3.63, 3.8) is 0 Å². The van der Waals surface area contributed by atoms with E-state index in [4.69, 9.17) is 17.3 Å². The number of amides is 2. The minimum atomic E-state index is -0.481. The summed E-state index contributed by atoms with van der Waals surface area (Å²) in [5.41, 5.74) is 11.3. The van der Waals surface area contributed by atoms with E-state index in [-0.39, 0.29) is 0 Å². The predicted molar refractivity (Wildman–Crippen MR) is 77.2 cm³/mol. The number of benzene rings is 2. The average Bonchev–Trinajstić information content (AvgIpc) is 2.45. The zero-order valence-electron chi connectivity index (χ0n) is 10.4. The Kier molecular flexibility index (Phi) is 4.22. The van der Waals surface area contributed by atoms with Crippen molar-refractivity contribution in [3.8, 4) is 0 Å². The van der Waals surface area contributed by atoms with Crippen LogP contribution in [0.15, 0.2) is 48.5 Å². The van der Waals surface area contributed by atoms with Crippen molar-refractivity contribution in [1.82, 2.24) is 10.9 Å². The van der Waals surface area contributed by atoms with E-state index in [9.17, 15) is 9.59 Å². The van der Waals surface area contributed by atoms with E-state index < -0.39 is 11.8 Å². The van der Waals surface area contributed by atoms with Gasteiger partial charge >= 0.3 is 0 Å². The quantitative estimate of drug-likeness (QED) is 0.584. The maximum atomic E-state index is 11.8. The molecule has 6 heteroatoms. The van der Waals surface area contributed by atoms with E-state index in [1.54, 1.807) is 48.5 Å². The number of nitrogens with one attached hydrogen (secondary N) is 2. The Balaban J connectivity index is 1.99. The van der Waals surface area contributed by atoms with Gasteiger partial charge in [-0.2, -0.15) is 0 Å². The third kappa shape index (κ3) is 3.27. The minimum absolute atomic E-state index is 0.295. The molecule has 0 aromatic heterocycles. The number of carbonyl (C=O) groups excluding carboxylic acids is 2. The molecule has 0 fully saturated rings. The summed E-state index contributed by atoms with van der Waals surface area (Å²) in [6.45, 7) is 0. The molecule has 102 valence electrons. The summed E-state index contributed by atoms with van der Waals surface area (Å²) < 4.78 is 0. The summed E-state index contributed by atoms with van der Waals surface area (Å²) in [5.74, 6) is -0.921. The van der Waals surface area contributed by atoms with Gasteiger partial charge in [-0.1, -0.05) is 23.7 Å². The van der Waals surface area contributed by atoms with Gasteiger partial charge < -0.3 is 5.73 Å². The summed E-state index contributed by atoms with van der Waals surface area (Å²) in [6, 6.07) is 12.9. The normalized spacial score (nSPS) is 9.85. The van der Waals surface area contributed by atoms with Gasteiger partial charge in [-0.25, -0.2) is 0 Å². The van der Waals surface area contributed by atoms with E-state index in [0.717, 1.165) is 0 Å². The van der Waals surface area contributed by atoms with E-state index >= 15 is 0 Å². The molecule has 0 radical (unpaired) electrons. The standard InChI is InChI=1S/C14H12ClN3O2/c15-10-7-5-9(6-8-10)13(19)17-18-14(20)11-3-1-2-4-12(11)16/h1-8H,16H2,(H,17,19)(H,18,20). The van der Waals surface area contributed by atoms with Gasteiger partial charge in [0.1, 0.15) is 0 Å². The van der Waals surface area contributed by atoms with Gasteiger partial charge in [-0.05, 0) is 36.4 Å². The Morgan fingerprint density at radius 1 is 0.900 bits per heavy atom. The van der Waals surface area contributed by atoms with E-state index in [2.05, 4.69) is 10.9 Å². The number of halogens is 1. The lowest BCUT2D eigenvalue weighted by molar-refractivity contribution is 0.0847. The average molecular weight is 290 g/mol. The van der Waals surface area contributed by atoms with Crippen LogP contribution in [0.5, 0.6) is 0 Å². The molecule has 0 aliphatic rings. The summed E-state index contributed by atoms with van der Waals surface area (Å²) in [5, 5.41) is 0.530. The third-order valence-electron chi connectivity index (χ3n) is 2.60. The first-order valence-corrected chi connectivity index (χ1v) is 6.16. The second kappa shape index (κ2) is 6.08. The molecule has 20 heavy (non-hydrogen) atoms. The Morgan fingerprint density at radius 3 is 2.15 bits per heavy atom. The molecular weight excluding hydrogens is 278 g/mol. The second-order valence-corrected chi connectivity index (χ2v) is 4.44. The number of anilines is 1. The lowest BCUT2D eigenvalue weighted by Crippen LogP contribution is -2.41. The first-order valence-electron chi connectivity index (χ1n) is 5.78. The van der Waals surface area contributed by atoms with Crippen LogP contribution in [0, 0.1) is 0 Å². The molecule has 0 heterocycles. The van der Waals surface area contributed by atoms with Crippen LogP contribution in [0.3, 0.4) is 0 Å². The molecular formula is C14H12ClN3O2. The molecule has 2 aromatic rings. The fraction of sp³-hybridized carbons (Fsp3) is 0. The zero-order valence-corrected chi connectivity index (χ0v) is 11.1. The number of hydrogen-bond donors (Lipinski definition) is 3. The molecule has 0 aliphatic heterocycles. The summed E-state index contributed by atoms with van der Waals surface area (Å²) in [4.78, 5) is 23.6. The zero-order chi connectivity index (χ0) is 14.5. The van der Waals surface area contributed by atoms with Gasteiger partial charge in [0.25, 0.3) is 11.8 Å². The first kappa shape index (κ1) is 13.9. The molecule has 0 atom stereocenters. The largest absolute Gasteiger partial charge is 0.398 e. The summed E-state index contributed by atoms with van der Waals surface area (Å²) in [7, 11) is 0. The Morgan fingerprint density at radius 2 is 1.50 bits per heavy atom. The molecule has 4 N–H and O–H groups in total. The van der Waals surface area contributed by atoms with Crippen LogP contribution in [-0.2, 0) is 0 Å². The summed E-state index contributed by atoms with van der Waals surface area (Å²) >= 11 is 5.73. The van der Waals surface area contributed by atoms with Crippen LogP contribution in [0.2, 0.25) is 5.02 Å². The number of nitrogen functional groups attached to an aromatic ring is 1. The van der Waals surface area contributed by atoms with Crippen LogP contribution < -0.4 is 16.6 Å². The van der Waals surface area contributed by atoms with E-state index in [1.807, 2.05) is 0 Å². The van der Waals surface area contributed by atoms with Crippen molar-refractivity contribution < 1.29 is 9.59 Å². The number of hydrogen-bond acceptors (Lipinski definition) is 3. The van der Waals surface area contributed by atoms with Gasteiger partial charge in [0.2, 0.25) is 0 Å². The van der Waals surface area contributed by atoms with Crippen molar-refractivity contribution in [2.75, 3.05) is 5.73 Å². The molecule has 2 aromatic carbocycles. The molecule has 0 unspecified atom stereocenters. The third-order valence-corrected chi connectivity index (χ3v) is 2.85. The monoisotopic (exact) mass is 289 g/mol. The van der Waals surface area contributed by atoms with Crippen LogP contribution in [0.25, 0.3) is 0 Å². The Labute approximate surface area is 120 Å². The molecule has 0 saturated heterocycles. The lowest BCUT2D eigenvalue weighted by atomic mass is 10.2. The number of carbonyl (C=O) groups is 2. The van der Waals surface area contributed by atoms with Crippen LogP contribution >= 0.6 is 11.6 Å². The molecule has 0 bridgehead atoms. The van der Waals surface area contributed by atoms with Crippen LogP contribution in [-0.4, -0.2) is 11.8 Å². The number of hydrazine groups is 1. The highest BCUT2D eigenvalue weighted by molar-refractivity contribution is 6.30. The van der Waals surface area contributed by atoms with Crippen molar-refractivity contribution in [2.45, 2.75) is 0 Å². The Hall–Kier alpha value is -2.53. The molecule has 0 saturated carbocycles. The fourth-order valence-corrected chi connectivity index (χ4v) is 1.68. The van der Waals surface area contributed by atoms with Gasteiger partial charge in [0.15, 0.2) is 0 Å². The maximum absolute atomic E-state index is 11.8. The Bertz CT molecular complexity index is 641. The molecule has 2 amide bonds. The molecule has 0 aliphatic carbocycles. The van der Waals surface area contributed by atoms with E-state index in [1.165, 1.54) is 0 Å². The lowest BCUT2D eigenvalue weighted by Gasteiger charge is -2.08.